The van der Waals surface area contributed by atoms with E-state index in [1.165, 1.54) is 0 Å². The number of ketones is 1. The van der Waals surface area contributed by atoms with Gasteiger partial charge >= 0.3 is 0 Å². The third kappa shape index (κ3) is 1.30. The van der Waals surface area contributed by atoms with Crippen molar-refractivity contribution < 1.29 is 4.79 Å². The SMILES string of the molecule is O=C1CC[CH]CC1. The van der Waals surface area contributed by atoms with Crippen LogP contribution >= 0.6 is 0 Å². The highest BCUT2D eigenvalue weighted by molar-refractivity contribution is 5.79. The summed E-state index contributed by atoms with van der Waals surface area (Å²) in [4.78, 5) is 10.4. The summed E-state index contributed by atoms with van der Waals surface area (Å²) in [7, 11) is 0. The Balaban J connectivity index is 2.25. The molecule has 1 fully saturated rings. The van der Waals surface area contributed by atoms with Crippen molar-refractivity contribution in [1.82, 2.24) is 0 Å². The maximum absolute atomic E-state index is 10.4. The molecular formula is C6H9O. The van der Waals surface area contributed by atoms with Crippen LogP contribution in [-0.2, 0) is 4.79 Å². The quantitative estimate of drug-likeness (QED) is 0.445. The van der Waals surface area contributed by atoms with E-state index in [9.17, 15) is 4.79 Å². The van der Waals surface area contributed by atoms with Gasteiger partial charge in [-0.3, -0.25) is 4.79 Å². The molecule has 0 aromatic carbocycles. The molecule has 0 unspecified atom stereocenters. The lowest BCUT2D eigenvalue weighted by Crippen LogP contribution is -2.02. The first kappa shape index (κ1) is 4.82. The Hall–Kier alpha value is -0.330. The van der Waals surface area contributed by atoms with E-state index in [0.717, 1.165) is 25.7 Å². The van der Waals surface area contributed by atoms with Gasteiger partial charge in [-0.15, -0.1) is 0 Å². The molecule has 1 aliphatic rings. The van der Waals surface area contributed by atoms with Gasteiger partial charge < -0.3 is 0 Å². The number of carbonyl (C=O) groups is 1. The lowest BCUT2D eigenvalue weighted by Gasteiger charge is -2.04. The number of rotatable bonds is 0. The van der Waals surface area contributed by atoms with Crippen LogP contribution in [0.1, 0.15) is 25.7 Å². The van der Waals surface area contributed by atoms with Crippen LogP contribution in [0.25, 0.3) is 0 Å². The summed E-state index contributed by atoms with van der Waals surface area (Å²) in [5.41, 5.74) is 0. The first-order valence-corrected chi connectivity index (χ1v) is 2.73. The Morgan fingerprint density at radius 2 is 1.86 bits per heavy atom. The molecule has 1 saturated carbocycles. The normalized spacial score (nSPS) is 22.6. The van der Waals surface area contributed by atoms with Gasteiger partial charge in [-0.2, -0.15) is 0 Å². The zero-order valence-corrected chi connectivity index (χ0v) is 4.31. The van der Waals surface area contributed by atoms with Crippen molar-refractivity contribution in [2.75, 3.05) is 0 Å². The van der Waals surface area contributed by atoms with E-state index < -0.39 is 0 Å². The van der Waals surface area contributed by atoms with Crippen LogP contribution in [0, 0.1) is 6.42 Å². The standard InChI is InChI=1S/C6H9O/c7-6-4-2-1-3-5-6/h1H,2-5H2. The topological polar surface area (TPSA) is 17.1 Å². The summed E-state index contributed by atoms with van der Waals surface area (Å²) in [5, 5.41) is 0. The molecule has 39 valence electrons. The number of Topliss-reactive ketones (excluding diaryl/α,β-unsaturated/α-hetero) is 1. The molecule has 1 rings (SSSR count). The minimum absolute atomic E-state index is 0.433. The lowest BCUT2D eigenvalue weighted by molar-refractivity contribution is -0.119. The van der Waals surface area contributed by atoms with Crippen molar-refractivity contribution in [3.05, 3.63) is 6.42 Å². The number of carbonyl (C=O) groups excluding carboxylic acids is 1. The predicted octanol–water partition coefficient (Wildman–Crippen LogP) is 1.33. The molecule has 0 aromatic heterocycles. The first-order chi connectivity index (χ1) is 3.39. The number of hydrogen-bond acceptors (Lipinski definition) is 1. The van der Waals surface area contributed by atoms with Crippen LogP contribution in [-0.4, -0.2) is 5.78 Å². The number of hydrogen-bond donors (Lipinski definition) is 0. The molecule has 0 spiro atoms. The van der Waals surface area contributed by atoms with Crippen molar-refractivity contribution in [3.8, 4) is 0 Å². The summed E-state index contributed by atoms with van der Waals surface area (Å²) in [5.74, 6) is 0.433. The maximum Gasteiger partial charge on any atom is 0.132 e. The third-order valence-corrected chi connectivity index (χ3v) is 1.25. The van der Waals surface area contributed by atoms with E-state index >= 15 is 0 Å². The van der Waals surface area contributed by atoms with Gasteiger partial charge in [-0.05, 0) is 19.3 Å². The second-order valence-corrected chi connectivity index (χ2v) is 1.90. The van der Waals surface area contributed by atoms with Crippen LogP contribution in [0.15, 0.2) is 0 Å². The molecule has 1 nitrogen and oxygen atoms in total. The lowest BCUT2D eigenvalue weighted by atomic mass is 10.00. The van der Waals surface area contributed by atoms with Crippen LogP contribution in [0.4, 0.5) is 0 Å². The Bertz CT molecular complexity index is 68.2. The largest absolute Gasteiger partial charge is 0.300 e. The van der Waals surface area contributed by atoms with E-state index in [-0.39, 0.29) is 0 Å². The molecule has 1 radical (unpaired) electrons. The molecular weight excluding hydrogens is 88.1 g/mol. The van der Waals surface area contributed by atoms with Gasteiger partial charge in [-0.25, -0.2) is 0 Å². The van der Waals surface area contributed by atoms with Crippen molar-refractivity contribution in [1.29, 1.82) is 0 Å². The molecule has 0 bridgehead atoms. The second kappa shape index (κ2) is 2.10. The van der Waals surface area contributed by atoms with Crippen LogP contribution in [0.3, 0.4) is 0 Å². The van der Waals surface area contributed by atoms with E-state index in [1.807, 2.05) is 0 Å². The van der Waals surface area contributed by atoms with E-state index in [2.05, 4.69) is 6.42 Å². The predicted molar refractivity (Wildman–Crippen MR) is 27.8 cm³/mol. The summed E-state index contributed by atoms with van der Waals surface area (Å²) in [6.07, 6.45) is 5.79. The molecule has 1 heteroatoms. The zero-order valence-electron chi connectivity index (χ0n) is 4.31. The fourth-order valence-electron chi connectivity index (χ4n) is 0.795. The van der Waals surface area contributed by atoms with Crippen LogP contribution < -0.4 is 0 Å². The van der Waals surface area contributed by atoms with Crippen molar-refractivity contribution in [2.45, 2.75) is 25.7 Å². The van der Waals surface area contributed by atoms with Crippen molar-refractivity contribution in [3.63, 3.8) is 0 Å². The minimum Gasteiger partial charge on any atom is -0.300 e. The molecule has 0 aliphatic heterocycles. The molecule has 0 amide bonds. The monoisotopic (exact) mass is 97.1 g/mol. The van der Waals surface area contributed by atoms with Gasteiger partial charge in [0.05, 0.1) is 0 Å². The van der Waals surface area contributed by atoms with Gasteiger partial charge in [0.2, 0.25) is 0 Å². The summed E-state index contributed by atoms with van der Waals surface area (Å²) < 4.78 is 0. The van der Waals surface area contributed by atoms with E-state index in [0.29, 0.717) is 5.78 Å². The first-order valence-electron chi connectivity index (χ1n) is 2.73. The van der Waals surface area contributed by atoms with Crippen molar-refractivity contribution >= 4 is 5.78 Å². The van der Waals surface area contributed by atoms with Gasteiger partial charge in [0, 0.05) is 12.8 Å². The highest BCUT2D eigenvalue weighted by Crippen LogP contribution is 2.11. The Labute approximate surface area is 43.7 Å². The zero-order chi connectivity index (χ0) is 5.11. The fourth-order valence-corrected chi connectivity index (χ4v) is 0.795. The summed E-state index contributed by atoms with van der Waals surface area (Å²) in [6, 6.07) is 0. The molecule has 0 heterocycles. The van der Waals surface area contributed by atoms with Crippen LogP contribution in [0.5, 0.6) is 0 Å². The van der Waals surface area contributed by atoms with Gasteiger partial charge in [0.15, 0.2) is 0 Å². The summed E-state index contributed by atoms with van der Waals surface area (Å²) in [6.45, 7) is 0. The maximum atomic E-state index is 10.4. The fraction of sp³-hybridized carbons (Fsp3) is 0.667. The third-order valence-electron chi connectivity index (χ3n) is 1.25. The Morgan fingerprint density at radius 1 is 1.29 bits per heavy atom. The molecule has 0 aromatic rings. The van der Waals surface area contributed by atoms with Gasteiger partial charge in [0.25, 0.3) is 0 Å². The van der Waals surface area contributed by atoms with Gasteiger partial charge in [0.1, 0.15) is 5.78 Å². The van der Waals surface area contributed by atoms with Crippen LogP contribution in [0.2, 0.25) is 0 Å². The highest BCUT2D eigenvalue weighted by Gasteiger charge is 2.06. The Kier molecular flexibility index (Phi) is 1.45. The van der Waals surface area contributed by atoms with Gasteiger partial charge in [-0.1, -0.05) is 0 Å². The molecule has 0 saturated heterocycles. The molecule has 0 atom stereocenters. The average molecular weight is 97.1 g/mol. The van der Waals surface area contributed by atoms with E-state index in [4.69, 9.17) is 0 Å². The van der Waals surface area contributed by atoms with E-state index in [1.54, 1.807) is 0 Å². The highest BCUT2D eigenvalue weighted by atomic mass is 16.1. The molecule has 7 heavy (non-hydrogen) atoms. The average Bonchev–Trinajstić information content (AvgIpc) is 1.69. The molecule has 1 aliphatic carbocycles. The smallest absolute Gasteiger partial charge is 0.132 e. The summed E-state index contributed by atoms with van der Waals surface area (Å²) >= 11 is 0. The minimum atomic E-state index is 0.433. The van der Waals surface area contributed by atoms with Crippen molar-refractivity contribution in [2.24, 2.45) is 0 Å². The Morgan fingerprint density at radius 3 is 2.14 bits per heavy atom. The molecule has 0 N–H and O–H groups in total. The second-order valence-electron chi connectivity index (χ2n) is 1.90.